The van der Waals surface area contributed by atoms with Crippen LogP contribution in [0.4, 0.5) is 8.78 Å². The molecule has 0 bridgehead atoms. The van der Waals surface area contributed by atoms with Gasteiger partial charge in [0.25, 0.3) is 0 Å². The van der Waals surface area contributed by atoms with E-state index in [9.17, 15) is 13.6 Å². The molecule has 0 saturated heterocycles. The number of allylic oxidation sites excluding steroid dienone is 1. The van der Waals surface area contributed by atoms with Crippen molar-refractivity contribution in [2.45, 2.75) is 49.2 Å². The first-order chi connectivity index (χ1) is 10.6. The van der Waals surface area contributed by atoms with Gasteiger partial charge in [0.2, 0.25) is 5.91 Å². The summed E-state index contributed by atoms with van der Waals surface area (Å²) in [5.41, 5.74) is 1.41. The lowest BCUT2D eigenvalue weighted by Crippen LogP contribution is -2.31. The number of benzene rings is 1. The maximum absolute atomic E-state index is 13.6. The highest BCUT2D eigenvalue weighted by Gasteiger charge is 2.16. The Bertz CT molecular complexity index is 560. The van der Waals surface area contributed by atoms with Crippen molar-refractivity contribution >= 4 is 17.7 Å². The molecule has 1 aromatic carbocycles. The Labute approximate surface area is 134 Å². The van der Waals surface area contributed by atoms with E-state index in [0.717, 1.165) is 37.1 Å². The Balaban J connectivity index is 1.78. The van der Waals surface area contributed by atoms with Crippen LogP contribution in [0.2, 0.25) is 0 Å². The summed E-state index contributed by atoms with van der Waals surface area (Å²) in [6.07, 6.45) is 7.90. The molecule has 1 aliphatic rings. The van der Waals surface area contributed by atoms with Crippen LogP contribution in [-0.2, 0) is 4.79 Å². The average molecular weight is 325 g/mol. The lowest BCUT2D eigenvalue weighted by Gasteiger charge is -2.15. The molecule has 1 amide bonds. The maximum Gasteiger partial charge on any atom is 0.233 e. The second kappa shape index (κ2) is 8.32. The summed E-state index contributed by atoms with van der Waals surface area (Å²) >= 11 is 1.10. The van der Waals surface area contributed by atoms with Gasteiger partial charge in [-0.25, -0.2) is 8.78 Å². The molecular formula is C17H21F2NOS. The highest BCUT2D eigenvalue weighted by molar-refractivity contribution is 8.00. The van der Waals surface area contributed by atoms with Crippen LogP contribution in [-0.4, -0.2) is 17.7 Å². The van der Waals surface area contributed by atoms with E-state index in [2.05, 4.69) is 11.4 Å². The molecule has 0 aliphatic heterocycles. The third kappa shape index (κ3) is 5.13. The van der Waals surface area contributed by atoms with Crippen molar-refractivity contribution in [1.29, 1.82) is 0 Å². The van der Waals surface area contributed by atoms with Crippen LogP contribution in [0, 0.1) is 11.6 Å². The molecule has 0 spiro atoms. The van der Waals surface area contributed by atoms with Crippen LogP contribution in [0.25, 0.3) is 0 Å². The summed E-state index contributed by atoms with van der Waals surface area (Å²) in [5.74, 6) is -1.36. The van der Waals surface area contributed by atoms with Crippen molar-refractivity contribution in [3.8, 4) is 0 Å². The largest absolute Gasteiger partial charge is 0.355 e. The number of rotatable bonds is 6. The highest BCUT2D eigenvalue weighted by Crippen LogP contribution is 2.26. The van der Waals surface area contributed by atoms with E-state index < -0.39 is 16.9 Å². The second-order valence-corrected chi connectivity index (χ2v) is 6.87. The fourth-order valence-corrected chi connectivity index (χ4v) is 3.33. The van der Waals surface area contributed by atoms with Gasteiger partial charge in [0.05, 0.1) is 5.25 Å². The van der Waals surface area contributed by atoms with Crippen molar-refractivity contribution in [2.24, 2.45) is 0 Å². The van der Waals surface area contributed by atoms with Crippen molar-refractivity contribution in [2.75, 3.05) is 6.54 Å². The van der Waals surface area contributed by atoms with E-state index in [1.165, 1.54) is 30.5 Å². The molecule has 1 unspecified atom stereocenters. The first-order valence-electron chi connectivity index (χ1n) is 7.63. The molecule has 0 aromatic heterocycles. The Hall–Kier alpha value is -1.36. The topological polar surface area (TPSA) is 29.1 Å². The van der Waals surface area contributed by atoms with Crippen LogP contribution in [0.5, 0.6) is 0 Å². The van der Waals surface area contributed by atoms with Gasteiger partial charge in [-0.3, -0.25) is 4.79 Å². The number of thioether (sulfide) groups is 1. The predicted molar refractivity (Wildman–Crippen MR) is 85.9 cm³/mol. The zero-order valence-corrected chi connectivity index (χ0v) is 13.5. The van der Waals surface area contributed by atoms with E-state index in [4.69, 9.17) is 0 Å². The van der Waals surface area contributed by atoms with Crippen molar-refractivity contribution in [3.63, 3.8) is 0 Å². The molecule has 120 valence electrons. The van der Waals surface area contributed by atoms with E-state index in [1.807, 2.05) is 0 Å². The third-order valence-corrected chi connectivity index (χ3v) is 4.85. The summed E-state index contributed by atoms with van der Waals surface area (Å²) in [4.78, 5) is 12.3. The van der Waals surface area contributed by atoms with E-state index in [0.29, 0.717) is 11.4 Å². The van der Waals surface area contributed by atoms with Crippen LogP contribution >= 0.6 is 11.8 Å². The first-order valence-corrected chi connectivity index (χ1v) is 8.51. The molecule has 1 atom stereocenters. The first kappa shape index (κ1) is 17.0. The molecule has 1 N–H and O–H groups in total. The van der Waals surface area contributed by atoms with E-state index in [-0.39, 0.29) is 5.91 Å². The number of carbonyl (C=O) groups excluding carboxylic acids is 1. The molecule has 0 saturated carbocycles. The molecule has 0 heterocycles. The fourth-order valence-electron chi connectivity index (χ4n) is 2.44. The Morgan fingerprint density at radius 1 is 1.36 bits per heavy atom. The van der Waals surface area contributed by atoms with Crippen LogP contribution < -0.4 is 5.32 Å². The van der Waals surface area contributed by atoms with Gasteiger partial charge >= 0.3 is 0 Å². The number of amides is 1. The van der Waals surface area contributed by atoms with Gasteiger partial charge in [0, 0.05) is 17.5 Å². The van der Waals surface area contributed by atoms with Crippen LogP contribution in [0.3, 0.4) is 0 Å². The molecule has 1 aliphatic carbocycles. The third-order valence-electron chi connectivity index (χ3n) is 3.70. The fraction of sp³-hybridized carbons (Fsp3) is 0.471. The van der Waals surface area contributed by atoms with Crippen molar-refractivity contribution in [1.82, 2.24) is 5.32 Å². The van der Waals surface area contributed by atoms with Gasteiger partial charge in [0.1, 0.15) is 11.6 Å². The van der Waals surface area contributed by atoms with Gasteiger partial charge < -0.3 is 5.32 Å². The Morgan fingerprint density at radius 3 is 2.86 bits per heavy atom. The SMILES string of the molecule is CC(Sc1ccc(F)cc1F)C(=O)NCCC1=CCCCC1. The number of hydrogen-bond acceptors (Lipinski definition) is 2. The predicted octanol–water partition coefficient (Wildman–Crippen LogP) is 4.45. The normalized spacial score (nSPS) is 16.0. The number of carbonyl (C=O) groups is 1. The quantitative estimate of drug-likeness (QED) is 0.618. The summed E-state index contributed by atoms with van der Waals surface area (Å²) in [6.45, 7) is 2.34. The zero-order valence-electron chi connectivity index (χ0n) is 12.7. The minimum Gasteiger partial charge on any atom is -0.355 e. The minimum absolute atomic E-state index is 0.120. The minimum atomic E-state index is -0.628. The van der Waals surface area contributed by atoms with Crippen molar-refractivity contribution < 1.29 is 13.6 Å². The number of nitrogens with one attached hydrogen (secondary N) is 1. The summed E-state index contributed by atoms with van der Waals surface area (Å²) in [7, 11) is 0. The Morgan fingerprint density at radius 2 is 2.18 bits per heavy atom. The molecular weight excluding hydrogens is 304 g/mol. The molecule has 5 heteroatoms. The van der Waals surface area contributed by atoms with Gasteiger partial charge in [-0.05, 0) is 51.2 Å². The van der Waals surface area contributed by atoms with Gasteiger partial charge in [0.15, 0.2) is 0 Å². The lowest BCUT2D eigenvalue weighted by atomic mass is 9.97. The number of halogens is 2. The van der Waals surface area contributed by atoms with Gasteiger partial charge in [-0.2, -0.15) is 0 Å². The standard InChI is InChI=1S/C17H21F2NOS/c1-12(22-16-8-7-14(18)11-15(16)19)17(21)20-10-9-13-5-3-2-4-6-13/h5,7-8,11-12H,2-4,6,9-10H2,1H3,(H,20,21). The molecule has 1 aromatic rings. The lowest BCUT2D eigenvalue weighted by molar-refractivity contribution is -0.120. The molecule has 2 rings (SSSR count). The molecule has 2 nitrogen and oxygen atoms in total. The summed E-state index contributed by atoms with van der Waals surface area (Å²) in [6, 6.07) is 3.40. The molecule has 22 heavy (non-hydrogen) atoms. The molecule has 0 fully saturated rings. The van der Waals surface area contributed by atoms with Gasteiger partial charge in [-0.1, -0.05) is 11.6 Å². The monoisotopic (exact) mass is 325 g/mol. The average Bonchev–Trinajstić information content (AvgIpc) is 2.51. The number of hydrogen-bond donors (Lipinski definition) is 1. The summed E-state index contributed by atoms with van der Waals surface area (Å²) < 4.78 is 26.4. The molecule has 0 radical (unpaired) electrons. The van der Waals surface area contributed by atoms with E-state index in [1.54, 1.807) is 6.92 Å². The van der Waals surface area contributed by atoms with Crippen LogP contribution in [0.15, 0.2) is 34.7 Å². The zero-order chi connectivity index (χ0) is 15.9. The highest BCUT2D eigenvalue weighted by atomic mass is 32.2. The van der Waals surface area contributed by atoms with E-state index >= 15 is 0 Å². The Kier molecular flexibility index (Phi) is 6.43. The van der Waals surface area contributed by atoms with Crippen LogP contribution in [0.1, 0.15) is 39.0 Å². The summed E-state index contributed by atoms with van der Waals surface area (Å²) in [5, 5.41) is 2.47. The maximum atomic E-state index is 13.6. The van der Waals surface area contributed by atoms with Crippen molar-refractivity contribution in [3.05, 3.63) is 41.5 Å². The second-order valence-electron chi connectivity index (χ2n) is 5.48. The smallest absolute Gasteiger partial charge is 0.233 e. The van der Waals surface area contributed by atoms with Gasteiger partial charge in [-0.15, -0.1) is 11.8 Å².